The molecule has 4 heterocycles. The first-order chi connectivity index (χ1) is 13.9. The molecule has 0 unspecified atom stereocenters. The zero-order chi connectivity index (χ0) is 18.8. The fraction of sp³-hybridized carbons (Fsp3) is 0. The summed E-state index contributed by atoms with van der Waals surface area (Å²) in [6.45, 7) is 0. The van der Waals surface area contributed by atoms with Crippen molar-refractivity contribution in [1.82, 2.24) is 19.9 Å². The molecular formula is C24H16N4Pt. The maximum atomic E-state index is 4.35. The molecule has 4 nitrogen and oxygen atoms in total. The van der Waals surface area contributed by atoms with E-state index in [0.29, 0.717) is 0 Å². The Labute approximate surface area is 181 Å². The Kier molecular flexibility index (Phi) is 5.54. The molecule has 0 aliphatic heterocycles. The molecular weight excluding hydrogens is 539 g/mol. The summed E-state index contributed by atoms with van der Waals surface area (Å²) in [6.07, 6.45) is 7.21. The zero-order valence-corrected chi connectivity index (χ0v) is 17.6. The summed E-state index contributed by atoms with van der Waals surface area (Å²) in [4.78, 5) is 17.4. The standard InChI is InChI=1S/2C12H8N2.Pt/c2*1-3-9-5-6-10-4-2-8-14-12(10)11(9)13-7-1;/h2*1-8H;. The van der Waals surface area contributed by atoms with Crippen LogP contribution in [-0.2, 0) is 21.1 Å². The smallest absolute Gasteiger partial charge is 0.0964 e. The van der Waals surface area contributed by atoms with Gasteiger partial charge in [0, 0.05) is 67.4 Å². The molecule has 0 aliphatic carbocycles. The van der Waals surface area contributed by atoms with Gasteiger partial charge in [0.05, 0.1) is 22.1 Å². The summed E-state index contributed by atoms with van der Waals surface area (Å²) in [5.74, 6) is 0. The third-order valence-electron chi connectivity index (χ3n) is 4.69. The second-order valence-electron chi connectivity index (χ2n) is 6.43. The molecule has 0 radical (unpaired) electrons. The van der Waals surface area contributed by atoms with Gasteiger partial charge < -0.3 is 0 Å². The van der Waals surface area contributed by atoms with E-state index in [-0.39, 0.29) is 21.1 Å². The minimum atomic E-state index is 0. The Morgan fingerprint density at radius 2 is 0.586 bits per heavy atom. The molecule has 6 aromatic rings. The Hall–Kier alpha value is -3.23. The average molecular weight is 555 g/mol. The van der Waals surface area contributed by atoms with Gasteiger partial charge in [0.2, 0.25) is 0 Å². The minimum Gasteiger partial charge on any atom is -0.254 e. The molecule has 5 heteroatoms. The Bertz CT molecular complexity index is 1210. The molecule has 0 amide bonds. The molecule has 29 heavy (non-hydrogen) atoms. The number of pyridine rings is 4. The molecule has 4 aromatic heterocycles. The van der Waals surface area contributed by atoms with E-state index in [9.17, 15) is 0 Å². The number of nitrogens with zero attached hydrogens (tertiary/aromatic N) is 4. The Balaban J connectivity index is 0.000000137. The molecule has 0 bridgehead atoms. The molecule has 0 N–H and O–H groups in total. The predicted molar refractivity (Wildman–Crippen MR) is 114 cm³/mol. The number of rotatable bonds is 0. The minimum absolute atomic E-state index is 0. The van der Waals surface area contributed by atoms with Crippen LogP contribution in [0.5, 0.6) is 0 Å². The first-order valence-corrected chi connectivity index (χ1v) is 9.07. The molecule has 0 atom stereocenters. The predicted octanol–water partition coefficient (Wildman–Crippen LogP) is 5.56. The summed E-state index contributed by atoms with van der Waals surface area (Å²) < 4.78 is 0. The van der Waals surface area contributed by atoms with Crippen LogP contribution in [0.4, 0.5) is 0 Å². The molecule has 2 aromatic carbocycles. The van der Waals surface area contributed by atoms with E-state index in [1.807, 2.05) is 24.3 Å². The van der Waals surface area contributed by atoms with Gasteiger partial charge >= 0.3 is 0 Å². The van der Waals surface area contributed by atoms with Crippen molar-refractivity contribution in [3.63, 3.8) is 0 Å². The first kappa shape index (κ1) is 19.1. The summed E-state index contributed by atoms with van der Waals surface area (Å²) in [6, 6.07) is 24.3. The van der Waals surface area contributed by atoms with Gasteiger partial charge in [0.25, 0.3) is 0 Å². The zero-order valence-electron chi connectivity index (χ0n) is 15.3. The van der Waals surface area contributed by atoms with E-state index in [1.165, 1.54) is 0 Å². The van der Waals surface area contributed by atoms with Crippen LogP contribution >= 0.6 is 0 Å². The van der Waals surface area contributed by atoms with Crippen molar-refractivity contribution in [2.75, 3.05) is 0 Å². The number of benzene rings is 2. The molecule has 0 spiro atoms. The molecule has 142 valence electrons. The summed E-state index contributed by atoms with van der Waals surface area (Å²) in [5.41, 5.74) is 3.91. The van der Waals surface area contributed by atoms with E-state index in [2.05, 4.69) is 68.5 Å². The van der Waals surface area contributed by atoms with Crippen LogP contribution < -0.4 is 0 Å². The topological polar surface area (TPSA) is 51.6 Å². The van der Waals surface area contributed by atoms with Gasteiger partial charge in [-0.2, -0.15) is 0 Å². The van der Waals surface area contributed by atoms with E-state index in [1.54, 1.807) is 24.8 Å². The molecule has 6 rings (SSSR count). The van der Waals surface area contributed by atoms with E-state index < -0.39 is 0 Å². The van der Waals surface area contributed by atoms with E-state index in [0.717, 1.165) is 43.6 Å². The van der Waals surface area contributed by atoms with Crippen LogP contribution in [0.1, 0.15) is 0 Å². The van der Waals surface area contributed by atoms with Crippen LogP contribution in [0.25, 0.3) is 43.6 Å². The molecule has 0 saturated heterocycles. The summed E-state index contributed by atoms with van der Waals surface area (Å²) in [7, 11) is 0. The quantitative estimate of drug-likeness (QED) is 0.230. The second-order valence-corrected chi connectivity index (χ2v) is 6.43. The van der Waals surface area contributed by atoms with Crippen LogP contribution in [0.3, 0.4) is 0 Å². The van der Waals surface area contributed by atoms with Gasteiger partial charge in [0.15, 0.2) is 0 Å². The van der Waals surface area contributed by atoms with Crippen molar-refractivity contribution in [3.05, 3.63) is 97.6 Å². The molecule has 0 saturated carbocycles. The number of aromatic nitrogens is 4. The van der Waals surface area contributed by atoms with Crippen molar-refractivity contribution >= 4 is 43.6 Å². The Morgan fingerprint density at radius 3 is 0.828 bits per heavy atom. The third-order valence-corrected chi connectivity index (χ3v) is 4.69. The van der Waals surface area contributed by atoms with Gasteiger partial charge in [-0.05, 0) is 24.3 Å². The number of fused-ring (bicyclic) bond motifs is 6. The largest absolute Gasteiger partial charge is 0.254 e. The van der Waals surface area contributed by atoms with Gasteiger partial charge in [-0.15, -0.1) is 0 Å². The van der Waals surface area contributed by atoms with Crippen molar-refractivity contribution in [3.8, 4) is 0 Å². The van der Waals surface area contributed by atoms with Crippen LogP contribution in [0.15, 0.2) is 97.6 Å². The van der Waals surface area contributed by atoms with Crippen LogP contribution in [0, 0.1) is 0 Å². The van der Waals surface area contributed by atoms with E-state index in [4.69, 9.17) is 0 Å². The maximum absolute atomic E-state index is 4.35. The van der Waals surface area contributed by atoms with Gasteiger partial charge in [0.1, 0.15) is 0 Å². The summed E-state index contributed by atoms with van der Waals surface area (Å²) in [5, 5.41) is 4.55. The molecule has 0 fully saturated rings. The third kappa shape index (κ3) is 3.72. The van der Waals surface area contributed by atoms with E-state index >= 15 is 0 Å². The number of hydrogen-bond donors (Lipinski definition) is 0. The molecule has 0 aliphatic rings. The number of hydrogen-bond acceptors (Lipinski definition) is 4. The summed E-state index contributed by atoms with van der Waals surface area (Å²) >= 11 is 0. The Morgan fingerprint density at radius 1 is 0.345 bits per heavy atom. The maximum Gasteiger partial charge on any atom is 0.0964 e. The fourth-order valence-electron chi connectivity index (χ4n) is 3.36. The van der Waals surface area contributed by atoms with Gasteiger partial charge in [-0.3, -0.25) is 19.9 Å². The van der Waals surface area contributed by atoms with Crippen LogP contribution in [-0.4, -0.2) is 19.9 Å². The van der Waals surface area contributed by atoms with Gasteiger partial charge in [-0.1, -0.05) is 48.5 Å². The van der Waals surface area contributed by atoms with Gasteiger partial charge in [-0.25, -0.2) is 0 Å². The van der Waals surface area contributed by atoms with Crippen molar-refractivity contribution in [2.24, 2.45) is 0 Å². The monoisotopic (exact) mass is 555 g/mol. The van der Waals surface area contributed by atoms with Crippen molar-refractivity contribution < 1.29 is 21.1 Å². The normalized spacial score (nSPS) is 10.5. The van der Waals surface area contributed by atoms with Crippen molar-refractivity contribution in [1.29, 1.82) is 0 Å². The first-order valence-electron chi connectivity index (χ1n) is 9.07. The second kappa shape index (κ2) is 8.42. The SMILES string of the molecule is [Pt].c1cnc2c(c1)ccc1cccnc12.c1cnc2c(c1)ccc1cccnc12. The van der Waals surface area contributed by atoms with Crippen molar-refractivity contribution in [2.45, 2.75) is 0 Å². The van der Waals surface area contributed by atoms with Crippen LogP contribution in [0.2, 0.25) is 0 Å². The fourth-order valence-corrected chi connectivity index (χ4v) is 3.36. The average Bonchev–Trinajstić information content (AvgIpc) is 2.79.